The van der Waals surface area contributed by atoms with Crippen molar-refractivity contribution in [3.8, 4) is 0 Å². The van der Waals surface area contributed by atoms with Gasteiger partial charge in [0.25, 0.3) is 11.5 Å². The Hall–Kier alpha value is -3.74. The molecule has 3 aromatic rings. The van der Waals surface area contributed by atoms with E-state index >= 15 is 0 Å². The summed E-state index contributed by atoms with van der Waals surface area (Å²) in [7, 11) is 0. The quantitative estimate of drug-likeness (QED) is 0.648. The molecule has 32 heavy (non-hydrogen) atoms. The van der Waals surface area contributed by atoms with Crippen LogP contribution in [0.2, 0.25) is 0 Å². The first-order valence-corrected chi connectivity index (χ1v) is 10.8. The van der Waals surface area contributed by atoms with Crippen LogP contribution in [0.15, 0.2) is 65.5 Å². The zero-order chi connectivity index (χ0) is 22.7. The summed E-state index contributed by atoms with van der Waals surface area (Å²) in [6.07, 6.45) is 0.864. The van der Waals surface area contributed by atoms with E-state index in [4.69, 9.17) is 0 Å². The second kappa shape index (κ2) is 9.18. The van der Waals surface area contributed by atoms with Gasteiger partial charge in [0.2, 0.25) is 5.91 Å². The Morgan fingerprint density at radius 2 is 1.78 bits per heavy atom. The smallest absolute Gasteiger partial charge is 0.278 e. The third kappa shape index (κ3) is 4.61. The summed E-state index contributed by atoms with van der Waals surface area (Å²) in [5.74, 6) is -0.0543. The van der Waals surface area contributed by atoms with Crippen LogP contribution in [-0.4, -0.2) is 28.1 Å². The largest absolute Gasteiger partial charge is 0.326 e. The Bertz CT molecular complexity index is 1200. The molecule has 1 N–H and O–H groups in total. The van der Waals surface area contributed by atoms with Crippen molar-refractivity contribution in [3.63, 3.8) is 0 Å². The molecule has 2 aromatic carbocycles. The number of nitrogens with one attached hydrogen (secondary N) is 1. The van der Waals surface area contributed by atoms with Crippen molar-refractivity contribution < 1.29 is 9.59 Å². The van der Waals surface area contributed by atoms with Crippen LogP contribution in [0.4, 0.5) is 11.4 Å². The summed E-state index contributed by atoms with van der Waals surface area (Å²) in [6.45, 7) is 4.89. The monoisotopic (exact) mass is 430 g/mol. The molecule has 2 amide bonds. The minimum Gasteiger partial charge on any atom is -0.326 e. The fourth-order valence-electron chi connectivity index (χ4n) is 3.79. The molecule has 164 valence electrons. The lowest BCUT2D eigenvalue weighted by atomic mass is 10.0. The van der Waals surface area contributed by atoms with E-state index in [1.807, 2.05) is 48.5 Å². The number of benzene rings is 2. The van der Waals surface area contributed by atoms with Crippen molar-refractivity contribution in [2.45, 2.75) is 39.2 Å². The van der Waals surface area contributed by atoms with E-state index in [2.05, 4.69) is 24.3 Å². The van der Waals surface area contributed by atoms with Gasteiger partial charge in [-0.3, -0.25) is 14.4 Å². The number of aryl methyl sites for hydroxylation is 1. The van der Waals surface area contributed by atoms with E-state index < -0.39 is 0 Å². The van der Waals surface area contributed by atoms with Gasteiger partial charge in [-0.1, -0.05) is 44.2 Å². The maximum absolute atomic E-state index is 13.0. The highest BCUT2D eigenvalue weighted by atomic mass is 16.2. The van der Waals surface area contributed by atoms with Gasteiger partial charge in [0.15, 0.2) is 0 Å². The predicted octanol–water partition coefficient (Wildman–Crippen LogP) is 3.60. The molecule has 0 saturated heterocycles. The SMILES string of the molecule is CC(C)c1ccc(NC(=O)CCn2nc(C(=O)N3CCc4ccccc43)ccc2=O)cc1. The van der Waals surface area contributed by atoms with Crippen molar-refractivity contribution >= 4 is 23.2 Å². The molecule has 2 heterocycles. The third-order valence-electron chi connectivity index (χ3n) is 5.63. The molecule has 0 saturated carbocycles. The number of aromatic nitrogens is 2. The Morgan fingerprint density at radius 3 is 2.53 bits per heavy atom. The molecule has 0 bridgehead atoms. The van der Waals surface area contributed by atoms with Crippen LogP contribution in [0.3, 0.4) is 0 Å². The average Bonchev–Trinajstić information content (AvgIpc) is 3.22. The molecule has 1 aliphatic rings. The number of rotatable bonds is 6. The summed E-state index contributed by atoms with van der Waals surface area (Å²) < 4.78 is 1.18. The molecule has 4 rings (SSSR count). The normalized spacial score (nSPS) is 12.7. The zero-order valence-electron chi connectivity index (χ0n) is 18.2. The van der Waals surface area contributed by atoms with Crippen molar-refractivity contribution in [1.29, 1.82) is 0 Å². The molecule has 0 radical (unpaired) electrons. The molecule has 1 aliphatic heterocycles. The second-order valence-electron chi connectivity index (χ2n) is 8.19. The lowest BCUT2D eigenvalue weighted by molar-refractivity contribution is -0.116. The summed E-state index contributed by atoms with van der Waals surface area (Å²) in [5.41, 5.74) is 3.73. The van der Waals surface area contributed by atoms with E-state index in [1.165, 1.54) is 22.4 Å². The molecule has 0 spiro atoms. The Morgan fingerprint density at radius 1 is 1.03 bits per heavy atom. The minimum atomic E-state index is -0.350. The van der Waals surface area contributed by atoms with Crippen LogP contribution in [0.25, 0.3) is 0 Å². The lowest BCUT2D eigenvalue weighted by Gasteiger charge is -2.17. The van der Waals surface area contributed by atoms with E-state index in [0.717, 1.165) is 17.7 Å². The standard InChI is InChI=1S/C25H26N4O3/c1-17(2)18-7-9-20(10-8-18)26-23(30)14-16-29-24(31)12-11-21(27-29)25(32)28-15-13-19-5-3-4-6-22(19)28/h3-12,17H,13-16H2,1-2H3,(H,26,30). The second-order valence-corrected chi connectivity index (χ2v) is 8.19. The highest BCUT2D eigenvalue weighted by Crippen LogP contribution is 2.28. The van der Waals surface area contributed by atoms with Crippen LogP contribution >= 0.6 is 0 Å². The Balaban J connectivity index is 1.41. The molecule has 0 fully saturated rings. The number of carbonyl (C=O) groups is 2. The Labute approximate surface area is 186 Å². The van der Waals surface area contributed by atoms with Gasteiger partial charge in [-0.2, -0.15) is 5.10 Å². The van der Waals surface area contributed by atoms with Gasteiger partial charge in [0, 0.05) is 30.4 Å². The minimum absolute atomic E-state index is 0.0725. The summed E-state index contributed by atoms with van der Waals surface area (Å²) >= 11 is 0. The van der Waals surface area contributed by atoms with Crippen LogP contribution in [0, 0.1) is 0 Å². The summed E-state index contributed by atoms with van der Waals surface area (Å²) in [5, 5.41) is 7.07. The van der Waals surface area contributed by atoms with Gasteiger partial charge in [0.05, 0.1) is 6.54 Å². The van der Waals surface area contributed by atoms with Gasteiger partial charge >= 0.3 is 0 Å². The first-order chi connectivity index (χ1) is 15.4. The molecule has 0 atom stereocenters. The van der Waals surface area contributed by atoms with Gasteiger partial charge < -0.3 is 10.2 Å². The summed E-state index contributed by atoms with van der Waals surface area (Å²) in [4.78, 5) is 39.3. The number of nitrogens with zero attached hydrogens (tertiary/aromatic N) is 3. The summed E-state index contributed by atoms with van der Waals surface area (Å²) in [6, 6.07) is 18.2. The maximum atomic E-state index is 13.0. The van der Waals surface area contributed by atoms with Crippen LogP contribution < -0.4 is 15.8 Å². The molecule has 0 aliphatic carbocycles. The van der Waals surface area contributed by atoms with E-state index in [1.54, 1.807) is 4.90 Å². The van der Waals surface area contributed by atoms with Crippen molar-refractivity contribution in [3.05, 3.63) is 87.8 Å². The fourth-order valence-corrected chi connectivity index (χ4v) is 3.79. The molecule has 1 aromatic heterocycles. The lowest BCUT2D eigenvalue weighted by Crippen LogP contribution is -2.33. The first-order valence-electron chi connectivity index (χ1n) is 10.8. The fraction of sp³-hybridized carbons (Fsp3) is 0.280. The zero-order valence-corrected chi connectivity index (χ0v) is 18.2. The van der Waals surface area contributed by atoms with Crippen molar-refractivity contribution in [2.75, 3.05) is 16.8 Å². The topological polar surface area (TPSA) is 84.3 Å². The number of carbonyl (C=O) groups excluding carboxylic acids is 2. The highest BCUT2D eigenvalue weighted by molar-refractivity contribution is 6.05. The number of hydrogen-bond acceptors (Lipinski definition) is 4. The van der Waals surface area contributed by atoms with Crippen molar-refractivity contribution in [1.82, 2.24) is 9.78 Å². The Kier molecular flexibility index (Phi) is 6.16. The molecular formula is C25H26N4O3. The van der Waals surface area contributed by atoms with Crippen LogP contribution in [-0.2, 0) is 17.8 Å². The highest BCUT2D eigenvalue weighted by Gasteiger charge is 2.26. The predicted molar refractivity (Wildman–Crippen MR) is 124 cm³/mol. The molecular weight excluding hydrogens is 404 g/mol. The maximum Gasteiger partial charge on any atom is 0.278 e. The molecule has 0 unspecified atom stereocenters. The van der Waals surface area contributed by atoms with E-state index in [0.29, 0.717) is 18.2 Å². The van der Waals surface area contributed by atoms with Crippen LogP contribution in [0.5, 0.6) is 0 Å². The number of fused-ring (bicyclic) bond motifs is 1. The molecule has 7 heteroatoms. The van der Waals surface area contributed by atoms with Gasteiger partial charge in [-0.15, -0.1) is 0 Å². The number of para-hydroxylation sites is 1. The van der Waals surface area contributed by atoms with E-state index in [-0.39, 0.29) is 36.0 Å². The van der Waals surface area contributed by atoms with Crippen LogP contribution in [0.1, 0.15) is 47.8 Å². The number of anilines is 2. The van der Waals surface area contributed by atoms with Gasteiger partial charge in [-0.05, 0) is 47.7 Å². The van der Waals surface area contributed by atoms with Gasteiger partial charge in [-0.25, -0.2) is 4.68 Å². The first kappa shape index (κ1) is 21.5. The van der Waals surface area contributed by atoms with Gasteiger partial charge in [0.1, 0.15) is 5.69 Å². The molecule has 7 nitrogen and oxygen atoms in total. The number of amides is 2. The number of hydrogen-bond donors (Lipinski definition) is 1. The van der Waals surface area contributed by atoms with Crippen molar-refractivity contribution in [2.24, 2.45) is 0 Å². The third-order valence-corrected chi connectivity index (χ3v) is 5.63. The average molecular weight is 431 g/mol. The van der Waals surface area contributed by atoms with E-state index in [9.17, 15) is 14.4 Å².